The number of hydrogen-bond acceptors (Lipinski definition) is 4. The Hall–Kier alpha value is -3.43. The second kappa shape index (κ2) is 10.7. The van der Waals surface area contributed by atoms with Crippen LogP contribution < -0.4 is 10.1 Å². The minimum Gasteiger partial charge on any atom is -0.490 e. The average Bonchev–Trinajstić information content (AvgIpc) is 3.65. The summed E-state index contributed by atoms with van der Waals surface area (Å²) < 4.78 is 19.7. The number of amides is 1. The van der Waals surface area contributed by atoms with Gasteiger partial charge in [0.1, 0.15) is 11.9 Å². The maximum atomic E-state index is 12.1. The Morgan fingerprint density at radius 2 is 1.79 bits per heavy atom. The van der Waals surface area contributed by atoms with Gasteiger partial charge in [0, 0.05) is 41.9 Å². The molecule has 2 aromatic carbocycles. The summed E-state index contributed by atoms with van der Waals surface area (Å²) >= 11 is 0. The van der Waals surface area contributed by atoms with Crippen LogP contribution in [0.2, 0.25) is 0 Å². The molecule has 0 atom stereocenters. The molecule has 1 aromatic heterocycles. The molecule has 0 radical (unpaired) electrons. The molecule has 1 amide bonds. The molecule has 6 heteroatoms. The minimum atomic E-state index is -0.440. The van der Waals surface area contributed by atoms with Crippen molar-refractivity contribution in [3.05, 3.63) is 48.0 Å². The van der Waals surface area contributed by atoms with E-state index in [1.165, 1.54) is 30.2 Å². The van der Waals surface area contributed by atoms with Crippen LogP contribution in [0.25, 0.3) is 22.2 Å². The summed E-state index contributed by atoms with van der Waals surface area (Å²) in [5, 5.41) is 4.01. The van der Waals surface area contributed by atoms with Crippen molar-refractivity contribution in [2.24, 2.45) is 5.92 Å². The van der Waals surface area contributed by atoms with Gasteiger partial charge in [-0.15, -0.1) is 0 Å². The number of nitrogens with one attached hydrogen (secondary N) is 1. The van der Waals surface area contributed by atoms with E-state index in [0.717, 1.165) is 61.5 Å². The summed E-state index contributed by atoms with van der Waals surface area (Å²) in [4.78, 5) is 12.1. The Balaban J connectivity index is 1.41. The third-order valence-electron chi connectivity index (χ3n) is 7.61. The molecule has 2 heterocycles. The van der Waals surface area contributed by atoms with Gasteiger partial charge >= 0.3 is 6.09 Å². The van der Waals surface area contributed by atoms with Gasteiger partial charge in [0.05, 0.1) is 36.1 Å². The number of nitrogens with zero attached hydrogens (tertiary/aromatic N) is 1. The third-order valence-corrected chi connectivity index (χ3v) is 7.61. The van der Waals surface area contributed by atoms with Crippen molar-refractivity contribution in [1.82, 2.24) is 4.57 Å². The van der Waals surface area contributed by atoms with Crippen molar-refractivity contribution in [1.29, 1.82) is 0 Å². The highest BCUT2D eigenvalue weighted by atomic mass is 16.6. The fourth-order valence-corrected chi connectivity index (χ4v) is 5.26. The molecule has 1 aliphatic heterocycles. The van der Waals surface area contributed by atoms with Gasteiger partial charge < -0.3 is 18.8 Å². The number of anilines is 1. The van der Waals surface area contributed by atoms with Crippen LogP contribution in [0.3, 0.4) is 0 Å². The van der Waals surface area contributed by atoms with Crippen LogP contribution in [0, 0.1) is 17.8 Å². The topological polar surface area (TPSA) is 61.7 Å². The van der Waals surface area contributed by atoms with E-state index in [-0.39, 0.29) is 12.2 Å². The zero-order chi connectivity index (χ0) is 26.1. The first kappa shape index (κ1) is 24.9. The van der Waals surface area contributed by atoms with Crippen molar-refractivity contribution >= 4 is 22.7 Å². The second-order valence-electron chi connectivity index (χ2n) is 11.0. The van der Waals surface area contributed by atoms with Crippen LogP contribution >= 0.6 is 0 Å². The Labute approximate surface area is 224 Å². The highest BCUT2D eigenvalue weighted by molar-refractivity contribution is 5.96. The Kier molecular flexibility index (Phi) is 7.04. The summed E-state index contributed by atoms with van der Waals surface area (Å²) in [7, 11) is 0. The van der Waals surface area contributed by atoms with Crippen LogP contribution in [-0.2, 0) is 9.47 Å². The van der Waals surface area contributed by atoms with Gasteiger partial charge in [-0.3, -0.25) is 5.32 Å². The zero-order valence-corrected chi connectivity index (χ0v) is 22.3. The number of rotatable bonds is 6. The van der Waals surface area contributed by atoms with Gasteiger partial charge in [-0.05, 0) is 75.8 Å². The van der Waals surface area contributed by atoms with Gasteiger partial charge in [-0.1, -0.05) is 24.0 Å². The number of ether oxygens (including phenoxy) is 3. The highest BCUT2D eigenvalue weighted by Gasteiger charge is 2.28. The lowest BCUT2D eigenvalue weighted by atomic mass is 9.92. The molecule has 2 saturated carbocycles. The van der Waals surface area contributed by atoms with Gasteiger partial charge in [-0.25, -0.2) is 4.79 Å². The largest absolute Gasteiger partial charge is 0.490 e. The second-order valence-corrected chi connectivity index (χ2v) is 11.0. The summed E-state index contributed by atoms with van der Waals surface area (Å²) in [6.45, 7) is 5.20. The number of carbonyl (C=O) groups excluding carboxylic acids is 1. The van der Waals surface area contributed by atoms with Crippen molar-refractivity contribution in [2.45, 2.75) is 77.0 Å². The number of aromatic nitrogens is 1. The standard InChI is InChI=1S/C32H36N2O4/c1-21(2)37-32(35)33-24-11-9-23(10-12-24)31-29(14-8-22-6-7-22)28-15-13-27(38-26-16-18-36-19-17-26)20-30(28)34(31)25-4-3-5-25/h9-13,15,20-22,25-26H,3-7,16-19H2,1-2H3,(H,33,35). The molecule has 0 bridgehead atoms. The van der Waals surface area contributed by atoms with Crippen molar-refractivity contribution in [2.75, 3.05) is 18.5 Å². The van der Waals surface area contributed by atoms with E-state index >= 15 is 0 Å². The van der Waals surface area contributed by atoms with E-state index in [2.05, 4.69) is 52.1 Å². The fourth-order valence-electron chi connectivity index (χ4n) is 5.26. The molecule has 38 heavy (non-hydrogen) atoms. The molecule has 2 aliphatic carbocycles. The van der Waals surface area contributed by atoms with E-state index < -0.39 is 6.09 Å². The SMILES string of the molecule is CC(C)OC(=O)Nc1ccc(-c2c(C#CC3CC3)c3ccc(OC4CCOCC4)cc3n2C2CCC2)cc1. The van der Waals surface area contributed by atoms with Crippen molar-refractivity contribution in [3.8, 4) is 28.8 Å². The molecule has 0 unspecified atom stereocenters. The summed E-state index contributed by atoms with van der Waals surface area (Å²) in [5.74, 6) is 8.54. The zero-order valence-electron chi connectivity index (χ0n) is 22.3. The van der Waals surface area contributed by atoms with Gasteiger partial charge in [-0.2, -0.15) is 0 Å². The Morgan fingerprint density at radius 1 is 1.03 bits per heavy atom. The maximum Gasteiger partial charge on any atom is 0.411 e. The molecule has 3 aliphatic rings. The van der Waals surface area contributed by atoms with E-state index in [4.69, 9.17) is 14.2 Å². The van der Waals surface area contributed by atoms with Crippen LogP contribution in [0.5, 0.6) is 5.75 Å². The molecule has 6 nitrogen and oxygen atoms in total. The van der Waals surface area contributed by atoms with Crippen LogP contribution in [-0.4, -0.2) is 36.1 Å². The predicted octanol–water partition coefficient (Wildman–Crippen LogP) is 7.31. The average molecular weight is 513 g/mol. The van der Waals surface area contributed by atoms with E-state index in [1.54, 1.807) is 0 Å². The first-order valence-corrected chi connectivity index (χ1v) is 14.1. The molecule has 1 saturated heterocycles. The third kappa shape index (κ3) is 5.39. The lowest BCUT2D eigenvalue weighted by Crippen LogP contribution is -2.25. The quantitative estimate of drug-likeness (QED) is 0.352. The molecule has 0 spiro atoms. The lowest BCUT2D eigenvalue weighted by molar-refractivity contribution is 0.0256. The van der Waals surface area contributed by atoms with Gasteiger partial charge in [0.25, 0.3) is 0 Å². The van der Waals surface area contributed by atoms with Crippen LogP contribution in [0.1, 0.15) is 70.4 Å². The number of carbonyl (C=O) groups is 1. The number of fused-ring (bicyclic) bond motifs is 1. The van der Waals surface area contributed by atoms with E-state index in [0.29, 0.717) is 17.6 Å². The first-order chi connectivity index (χ1) is 18.5. The van der Waals surface area contributed by atoms with Gasteiger partial charge in [0.15, 0.2) is 0 Å². The lowest BCUT2D eigenvalue weighted by Gasteiger charge is -2.30. The molecule has 3 fully saturated rings. The predicted molar refractivity (Wildman–Crippen MR) is 150 cm³/mol. The Bertz CT molecular complexity index is 1360. The molecule has 1 N–H and O–H groups in total. The molecule has 3 aromatic rings. The summed E-state index contributed by atoms with van der Waals surface area (Å²) in [6, 6.07) is 15.0. The monoisotopic (exact) mass is 512 g/mol. The van der Waals surface area contributed by atoms with E-state index in [9.17, 15) is 4.79 Å². The summed E-state index contributed by atoms with van der Waals surface area (Å²) in [5.41, 5.74) is 5.26. The molecular formula is C32H36N2O4. The van der Waals surface area contributed by atoms with Crippen molar-refractivity contribution in [3.63, 3.8) is 0 Å². The number of benzene rings is 2. The normalized spacial score (nSPS) is 18.1. The summed E-state index contributed by atoms with van der Waals surface area (Å²) in [6.07, 6.45) is 7.40. The maximum absolute atomic E-state index is 12.1. The first-order valence-electron chi connectivity index (χ1n) is 14.1. The fraction of sp³-hybridized carbons (Fsp3) is 0.469. The number of hydrogen-bond donors (Lipinski definition) is 1. The van der Waals surface area contributed by atoms with Gasteiger partial charge in [0.2, 0.25) is 0 Å². The van der Waals surface area contributed by atoms with Crippen LogP contribution in [0.4, 0.5) is 10.5 Å². The molecule has 198 valence electrons. The highest BCUT2D eigenvalue weighted by Crippen LogP contribution is 2.44. The van der Waals surface area contributed by atoms with Crippen LogP contribution in [0.15, 0.2) is 42.5 Å². The Morgan fingerprint density at radius 3 is 2.45 bits per heavy atom. The molecule has 6 rings (SSSR count). The van der Waals surface area contributed by atoms with Crippen molar-refractivity contribution < 1.29 is 19.0 Å². The van der Waals surface area contributed by atoms with E-state index in [1.807, 2.05) is 26.0 Å². The smallest absolute Gasteiger partial charge is 0.411 e. The molecular weight excluding hydrogens is 476 g/mol. The minimum absolute atomic E-state index is 0.166.